The van der Waals surface area contributed by atoms with E-state index in [-0.39, 0.29) is 11.8 Å². The van der Waals surface area contributed by atoms with Crippen LogP contribution < -0.4 is 5.32 Å². The highest BCUT2D eigenvalue weighted by Gasteiger charge is 2.13. The number of hydrogen-bond acceptors (Lipinski definition) is 1. The number of rotatable bonds is 4. The van der Waals surface area contributed by atoms with Gasteiger partial charge in [0.2, 0.25) is 5.91 Å². The van der Waals surface area contributed by atoms with Crippen molar-refractivity contribution in [2.24, 2.45) is 0 Å². The summed E-state index contributed by atoms with van der Waals surface area (Å²) in [7, 11) is 0. The third kappa shape index (κ3) is 3.88. The quantitative estimate of drug-likeness (QED) is 0.893. The summed E-state index contributed by atoms with van der Waals surface area (Å²) >= 11 is 3.20. The molecule has 0 spiro atoms. The van der Waals surface area contributed by atoms with Crippen LogP contribution in [0.15, 0.2) is 41.4 Å². The van der Waals surface area contributed by atoms with E-state index in [4.69, 9.17) is 0 Å². The van der Waals surface area contributed by atoms with Crippen LogP contribution in [0.5, 0.6) is 0 Å². The molecule has 1 aromatic carbocycles. The normalized spacial score (nSPS) is 11.9. The van der Waals surface area contributed by atoms with Gasteiger partial charge in [0, 0.05) is 11.0 Å². The number of nitrogens with one attached hydrogen (secondary N) is 1. The monoisotopic (exact) mass is 267 g/mol. The Morgan fingerprint density at radius 3 is 2.60 bits per heavy atom. The van der Waals surface area contributed by atoms with Crippen molar-refractivity contribution in [2.75, 3.05) is 6.54 Å². The van der Waals surface area contributed by atoms with Crippen molar-refractivity contribution < 1.29 is 4.79 Å². The van der Waals surface area contributed by atoms with Crippen LogP contribution in [-0.4, -0.2) is 12.5 Å². The van der Waals surface area contributed by atoms with Gasteiger partial charge in [0.25, 0.3) is 0 Å². The van der Waals surface area contributed by atoms with Crippen molar-refractivity contribution in [1.82, 2.24) is 5.32 Å². The molecule has 1 amide bonds. The molecule has 0 saturated carbocycles. The summed E-state index contributed by atoms with van der Waals surface area (Å²) in [4.78, 5) is 11.7. The zero-order chi connectivity index (χ0) is 11.3. The number of carbonyl (C=O) groups excluding carboxylic acids is 1. The van der Waals surface area contributed by atoms with Crippen LogP contribution in [-0.2, 0) is 4.79 Å². The minimum absolute atomic E-state index is 0.0156. The third-order valence-corrected chi connectivity index (χ3v) is 2.43. The van der Waals surface area contributed by atoms with Gasteiger partial charge in [0.15, 0.2) is 0 Å². The fourth-order valence-corrected chi connectivity index (χ4v) is 1.37. The first-order chi connectivity index (χ1) is 7.11. The Hall–Kier alpha value is -1.09. The summed E-state index contributed by atoms with van der Waals surface area (Å²) in [5, 5.41) is 2.79. The van der Waals surface area contributed by atoms with Crippen LogP contribution >= 0.6 is 15.9 Å². The molecule has 15 heavy (non-hydrogen) atoms. The van der Waals surface area contributed by atoms with E-state index in [2.05, 4.69) is 27.8 Å². The lowest BCUT2D eigenvalue weighted by Crippen LogP contribution is -2.28. The Bertz CT molecular complexity index is 348. The molecule has 1 rings (SSSR count). The lowest BCUT2D eigenvalue weighted by Gasteiger charge is -2.11. The summed E-state index contributed by atoms with van der Waals surface area (Å²) in [5.41, 5.74) is 1.02. The van der Waals surface area contributed by atoms with E-state index in [0.717, 1.165) is 10.0 Å². The maximum Gasteiger partial charge on any atom is 0.227 e. The molecule has 1 aromatic rings. The number of amides is 1. The van der Waals surface area contributed by atoms with Crippen molar-refractivity contribution in [1.29, 1.82) is 0 Å². The van der Waals surface area contributed by atoms with E-state index in [0.29, 0.717) is 6.54 Å². The molecule has 1 atom stereocenters. The average molecular weight is 268 g/mol. The molecule has 0 aromatic heterocycles. The van der Waals surface area contributed by atoms with Crippen molar-refractivity contribution >= 4 is 21.8 Å². The predicted octanol–water partition coefficient (Wildman–Crippen LogP) is 2.81. The lowest BCUT2D eigenvalue weighted by atomic mass is 10.0. The summed E-state index contributed by atoms with van der Waals surface area (Å²) < 4.78 is 0.774. The van der Waals surface area contributed by atoms with Gasteiger partial charge in [0.1, 0.15) is 0 Å². The van der Waals surface area contributed by atoms with Crippen LogP contribution in [0, 0.1) is 0 Å². The van der Waals surface area contributed by atoms with Gasteiger partial charge in [-0.2, -0.15) is 0 Å². The van der Waals surface area contributed by atoms with E-state index in [1.54, 1.807) is 0 Å². The first-order valence-electron chi connectivity index (χ1n) is 4.77. The lowest BCUT2D eigenvalue weighted by molar-refractivity contribution is -0.122. The Labute approximate surface area is 98.5 Å². The van der Waals surface area contributed by atoms with Crippen LogP contribution in [0.1, 0.15) is 18.4 Å². The molecule has 80 valence electrons. The Morgan fingerprint density at radius 2 is 2.07 bits per heavy atom. The summed E-state index contributed by atoms with van der Waals surface area (Å²) in [6.07, 6.45) is 0. The van der Waals surface area contributed by atoms with Crippen LogP contribution in [0.25, 0.3) is 0 Å². The Balaban J connectivity index is 2.57. The summed E-state index contributed by atoms with van der Waals surface area (Å²) in [6, 6.07) is 9.71. The van der Waals surface area contributed by atoms with Crippen molar-refractivity contribution in [2.45, 2.75) is 12.8 Å². The van der Waals surface area contributed by atoms with Gasteiger partial charge in [-0.25, -0.2) is 0 Å². The second-order valence-corrected chi connectivity index (χ2v) is 4.49. The molecular formula is C12H14BrNO. The predicted molar refractivity (Wildman–Crippen MR) is 65.9 cm³/mol. The number of hydrogen-bond donors (Lipinski definition) is 1. The molecule has 0 aliphatic carbocycles. The highest BCUT2D eigenvalue weighted by atomic mass is 79.9. The highest BCUT2D eigenvalue weighted by Crippen LogP contribution is 2.14. The Morgan fingerprint density at radius 1 is 1.47 bits per heavy atom. The smallest absolute Gasteiger partial charge is 0.227 e. The zero-order valence-electron chi connectivity index (χ0n) is 8.66. The van der Waals surface area contributed by atoms with E-state index in [9.17, 15) is 4.79 Å². The van der Waals surface area contributed by atoms with Crippen molar-refractivity contribution in [3.8, 4) is 0 Å². The zero-order valence-corrected chi connectivity index (χ0v) is 10.3. The molecule has 0 aliphatic heterocycles. The van der Waals surface area contributed by atoms with Crippen molar-refractivity contribution in [3.05, 3.63) is 47.0 Å². The van der Waals surface area contributed by atoms with E-state index >= 15 is 0 Å². The SMILES string of the molecule is C=C(Br)CNC(=O)C(C)c1ccccc1. The first kappa shape index (κ1) is 12.0. The maximum atomic E-state index is 11.7. The molecule has 0 radical (unpaired) electrons. The molecule has 1 unspecified atom stereocenters. The minimum atomic E-state index is -0.127. The second kappa shape index (κ2) is 5.71. The molecule has 2 nitrogen and oxygen atoms in total. The number of halogens is 1. The number of benzene rings is 1. The third-order valence-electron chi connectivity index (χ3n) is 2.15. The maximum absolute atomic E-state index is 11.7. The molecule has 3 heteroatoms. The van der Waals surface area contributed by atoms with Gasteiger partial charge in [-0.15, -0.1) is 0 Å². The standard InChI is InChI=1S/C12H14BrNO/c1-9(13)8-14-12(15)10(2)11-6-4-3-5-7-11/h3-7,10H,1,8H2,2H3,(H,14,15). The fourth-order valence-electron chi connectivity index (χ4n) is 1.23. The number of carbonyl (C=O) groups is 1. The minimum Gasteiger partial charge on any atom is -0.351 e. The van der Waals surface area contributed by atoms with E-state index < -0.39 is 0 Å². The first-order valence-corrected chi connectivity index (χ1v) is 5.56. The topological polar surface area (TPSA) is 29.1 Å². The highest BCUT2D eigenvalue weighted by molar-refractivity contribution is 9.11. The molecule has 0 aliphatic rings. The summed E-state index contributed by atoms with van der Waals surface area (Å²) in [6.45, 7) is 6.02. The van der Waals surface area contributed by atoms with Gasteiger partial charge < -0.3 is 5.32 Å². The molecule has 1 N–H and O–H groups in total. The largest absolute Gasteiger partial charge is 0.351 e. The van der Waals surface area contributed by atoms with Gasteiger partial charge in [-0.3, -0.25) is 4.79 Å². The average Bonchev–Trinajstić information content (AvgIpc) is 2.26. The molecule has 0 bridgehead atoms. The van der Waals surface area contributed by atoms with Gasteiger partial charge in [-0.05, 0) is 12.5 Å². The van der Waals surface area contributed by atoms with Gasteiger partial charge >= 0.3 is 0 Å². The Kier molecular flexibility index (Phi) is 4.56. The van der Waals surface area contributed by atoms with Crippen molar-refractivity contribution in [3.63, 3.8) is 0 Å². The van der Waals surface area contributed by atoms with Crippen LogP contribution in [0.2, 0.25) is 0 Å². The van der Waals surface area contributed by atoms with Crippen LogP contribution in [0.4, 0.5) is 0 Å². The van der Waals surface area contributed by atoms with Gasteiger partial charge in [-0.1, -0.05) is 52.8 Å². The molecule has 0 saturated heterocycles. The van der Waals surface area contributed by atoms with E-state index in [1.165, 1.54) is 0 Å². The molecule has 0 heterocycles. The molecule has 0 fully saturated rings. The summed E-state index contributed by atoms with van der Waals surface area (Å²) in [5.74, 6) is -0.111. The second-order valence-electron chi connectivity index (χ2n) is 3.37. The van der Waals surface area contributed by atoms with Crippen LogP contribution in [0.3, 0.4) is 0 Å². The molecular weight excluding hydrogens is 254 g/mol. The fraction of sp³-hybridized carbons (Fsp3) is 0.250. The van der Waals surface area contributed by atoms with Gasteiger partial charge in [0.05, 0.1) is 5.92 Å². The van der Waals surface area contributed by atoms with E-state index in [1.807, 2.05) is 37.3 Å².